The molecule has 0 radical (unpaired) electrons. The summed E-state index contributed by atoms with van der Waals surface area (Å²) in [7, 11) is 0. The van der Waals surface area contributed by atoms with Crippen LogP contribution in [0.5, 0.6) is 0 Å². The minimum Gasteiger partial charge on any atom is -0.329 e. The van der Waals surface area contributed by atoms with Crippen molar-refractivity contribution in [3.63, 3.8) is 0 Å². The van der Waals surface area contributed by atoms with Crippen LogP contribution in [-0.4, -0.2) is 18.6 Å². The summed E-state index contributed by atoms with van der Waals surface area (Å²) in [5.74, 6) is 0.904. The second-order valence-electron chi connectivity index (χ2n) is 5.08. The number of nitrogens with one attached hydrogen (secondary N) is 1. The lowest BCUT2D eigenvalue weighted by Gasteiger charge is -2.37. The maximum Gasteiger partial charge on any atom is 0.0281 e. The van der Waals surface area contributed by atoms with E-state index in [9.17, 15) is 0 Å². The Balaban J connectivity index is 2.34. The molecule has 2 nitrogen and oxygen atoms in total. The first-order chi connectivity index (χ1) is 6.56. The summed E-state index contributed by atoms with van der Waals surface area (Å²) in [6, 6.07) is 0. The van der Waals surface area contributed by atoms with Crippen LogP contribution in [0.25, 0.3) is 0 Å². The standard InChI is InChI=1S/C12H24N2/c1-10(2)8-14-12(3,9-13)7-11-5-4-6-11/h11,14H,1,4-9,13H2,2-3H3. The molecule has 0 amide bonds. The average molecular weight is 196 g/mol. The molecule has 1 rings (SSSR count). The monoisotopic (exact) mass is 196 g/mol. The molecule has 1 fully saturated rings. The molecule has 0 spiro atoms. The highest BCUT2D eigenvalue weighted by atomic mass is 15.0. The van der Waals surface area contributed by atoms with Crippen molar-refractivity contribution in [3.05, 3.63) is 12.2 Å². The Bertz CT molecular complexity index is 196. The maximum atomic E-state index is 5.83. The Morgan fingerprint density at radius 3 is 2.57 bits per heavy atom. The summed E-state index contributed by atoms with van der Waals surface area (Å²) >= 11 is 0. The van der Waals surface area contributed by atoms with E-state index in [1.54, 1.807) is 0 Å². The number of nitrogens with two attached hydrogens (primary N) is 1. The summed E-state index contributed by atoms with van der Waals surface area (Å²) in [6.07, 6.45) is 5.41. The zero-order valence-electron chi connectivity index (χ0n) is 9.60. The second-order valence-corrected chi connectivity index (χ2v) is 5.08. The second kappa shape index (κ2) is 4.94. The molecular weight excluding hydrogens is 172 g/mol. The summed E-state index contributed by atoms with van der Waals surface area (Å²) in [6.45, 7) is 9.79. The van der Waals surface area contributed by atoms with Crippen LogP contribution in [0.15, 0.2) is 12.2 Å². The van der Waals surface area contributed by atoms with Crippen LogP contribution in [0.1, 0.15) is 39.5 Å². The molecule has 0 heterocycles. The lowest BCUT2D eigenvalue weighted by Crippen LogP contribution is -2.51. The van der Waals surface area contributed by atoms with E-state index >= 15 is 0 Å². The van der Waals surface area contributed by atoms with Gasteiger partial charge in [-0.3, -0.25) is 0 Å². The van der Waals surface area contributed by atoms with Crippen LogP contribution in [0, 0.1) is 5.92 Å². The van der Waals surface area contributed by atoms with E-state index in [1.165, 1.54) is 31.3 Å². The zero-order valence-corrected chi connectivity index (χ0v) is 9.60. The van der Waals surface area contributed by atoms with Crippen LogP contribution >= 0.6 is 0 Å². The normalized spacial score (nSPS) is 21.4. The molecule has 1 atom stereocenters. The molecule has 0 aromatic carbocycles. The summed E-state index contributed by atoms with van der Waals surface area (Å²) in [4.78, 5) is 0. The van der Waals surface area contributed by atoms with Crippen LogP contribution < -0.4 is 11.1 Å². The smallest absolute Gasteiger partial charge is 0.0281 e. The first-order valence-corrected chi connectivity index (χ1v) is 5.65. The van der Waals surface area contributed by atoms with Gasteiger partial charge in [0.25, 0.3) is 0 Å². The van der Waals surface area contributed by atoms with Gasteiger partial charge < -0.3 is 11.1 Å². The van der Waals surface area contributed by atoms with Crippen molar-refractivity contribution < 1.29 is 0 Å². The average Bonchev–Trinajstić information content (AvgIpc) is 2.08. The van der Waals surface area contributed by atoms with Crippen molar-refractivity contribution in [2.75, 3.05) is 13.1 Å². The number of hydrogen-bond acceptors (Lipinski definition) is 2. The first kappa shape index (κ1) is 11.7. The molecule has 0 saturated heterocycles. The van der Waals surface area contributed by atoms with E-state index in [4.69, 9.17) is 5.73 Å². The number of rotatable bonds is 6. The third-order valence-electron chi connectivity index (χ3n) is 3.23. The van der Waals surface area contributed by atoms with Gasteiger partial charge in [0.2, 0.25) is 0 Å². The molecule has 1 unspecified atom stereocenters. The highest BCUT2D eigenvalue weighted by Gasteiger charge is 2.29. The quantitative estimate of drug-likeness (QED) is 0.638. The van der Waals surface area contributed by atoms with Crippen LogP contribution in [0.3, 0.4) is 0 Å². The molecule has 0 aliphatic heterocycles. The predicted octanol–water partition coefficient (Wildman–Crippen LogP) is 2.06. The van der Waals surface area contributed by atoms with Crippen LogP contribution in [0.4, 0.5) is 0 Å². The molecule has 0 bridgehead atoms. The van der Waals surface area contributed by atoms with Gasteiger partial charge in [-0.25, -0.2) is 0 Å². The van der Waals surface area contributed by atoms with Crippen LogP contribution in [0.2, 0.25) is 0 Å². The molecule has 14 heavy (non-hydrogen) atoms. The molecule has 3 N–H and O–H groups in total. The fourth-order valence-electron chi connectivity index (χ4n) is 1.93. The Kier molecular flexibility index (Phi) is 4.14. The molecule has 0 aromatic rings. The Hall–Kier alpha value is -0.340. The highest BCUT2D eigenvalue weighted by molar-refractivity contribution is 4.97. The molecule has 1 aliphatic carbocycles. The molecule has 2 heteroatoms. The zero-order chi connectivity index (χ0) is 10.6. The van der Waals surface area contributed by atoms with Crippen molar-refractivity contribution >= 4 is 0 Å². The minimum absolute atomic E-state index is 0.115. The molecular formula is C12H24N2. The Morgan fingerprint density at radius 2 is 2.21 bits per heavy atom. The SMILES string of the molecule is C=C(C)CNC(C)(CN)CC1CCC1. The Morgan fingerprint density at radius 1 is 1.57 bits per heavy atom. The summed E-state index contributed by atoms with van der Waals surface area (Å²) in [5, 5.41) is 3.52. The third-order valence-corrected chi connectivity index (χ3v) is 3.23. The van der Waals surface area contributed by atoms with Gasteiger partial charge in [0.1, 0.15) is 0 Å². The molecule has 82 valence electrons. The van der Waals surface area contributed by atoms with Gasteiger partial charge in [0.15, 0.2) is 0 Å². The van der Waals surface area contributed by atoms with E-state index in [1.807, 2.05) is 6.92 Å². The van der Waals surface area contributed by atoms with Gasteiger partial charge in [0, 0.05) is 18.6 Å². The van der Waals surface area contributed by atoms with Crippen molar-refractivity contribution in [2.24, 2.45) is 11.7 Å². The van der Waals surface area contributed by atoms with Gasteiger partial charge >= 0.3 is 0 Å². The van der Waals surface area contributed by atoms with E-state index < -0.39 is 0 Å². The minimum atomic E-state index is 0.115. The van der Waals surface area contributed by atoms with Gasteiger partial charge in [-0.2, -0.15) is 0 Å². The number of hydrogen-bond donors (Lipinski definition) is 2. The highest BCUT2D eigenvalue weighted by Crippen LogP contribution is 2.33. The van der Waals surface area contributed by atoms with E-state index in [0.717, 1.165) is 19.0 Å². The lowest BCUT2D eigenvalue weighted by atomic mass is 9.76. The van der Waals surface area contributed by atoms with Gasteiger partial charge in [-0.05, 0) is 26.2 Å². The van der Waals surface area contributed by atoms with Gasteiger partial charge in [-0.1, -0.05) is 31.4 Å². The Labute approximate surface area is 87.9 Å². The van der Waals surface area contributed by atoms with Gasteiger partial charge in [-0.15, -0.1) is 0 Å². The van der Waals surface area contributed by atoms with Crippen molar-refractivity contribution in [3.8, 4) is 0 Å². The van der Waals surface area contributed by atoms with E-state index in [0.29, 0.717) is 0 Å². The summed E-state index contributed by atoms with van der Waals surface area (Å²) in [5.41, 5.74) is 7.12. The van der Waals surface area contributed by atoms with Crippen molar-refractivity contribution in [1.82, 2.24) is 5.32 Å². The topological polar surface area (TPSA) is 38.0 Å². The maximum absolute atomic E-state index is 5.83. The largest absolute Gasteiger partial charge is 0.329 e. The van der Waals surface area contributed by atoms with E-state index in [-0.39, 0.29) is 5.54 Å². The van der Waals surface area contributed by atoms with Crippen molar-refractivity contribution in [1.29, 1.82) is 0 Å². The van der Waals surface area contributed by atoms with E-state index in [2.05, 4.69) is 18.8 Å². The molecule has 1 aliphatic rings. The van der Waals surface area contributed by atoms with Crippen molar-refractivity contribution in [2.45, 2.75) is 45.1 Å². The fourth-order valence-corrected chi connectivity index (χ4v) is 1.93. The summed E-state index contributed by atoms with van der Waals surface area (Å²) < 4.78 is 0. The lowest BCUT2D eigenvalue weighted by molar-refractivity contribution is 0.211. The molecule has 0 aromatic heterocycles. The molecule has 1 saturated carbocycles. The fraction of sp³-hybridized carbons (Fsp3) is 0.833. The third kappa shape index (κ3) is 3.43. The predicted molar refractivity (Wildman–Crippen MR) is 62.2 cm³/mol. The van der Waals surface area contributed by atoms with Gasteiger partial charge in [0.05, 0.1) is 0 Å². The first-order valence-electron chi connectivity index (χ1n) is 5.65. The van der Waals surface area contributed by atoms with Crippen LogP contribution in [-0.2, 0) is 0 Å².